The molecule has 0 spiro atoms. The number of rotatable bonds is 8. The molecule has 0 bridgehead atoms. The smallest absolute Gasteiger partial charge is 0.226 e. The minimum atomic E-state index is -0.210. The summed E-state index contributed by atoms with van der Waals surface area (Å²) in [6, 6.07) is 13.0. The van der Waals surface area contributed by atoms with Gasteiger partial charge in [-0.05, 0) is 36.2 Å². The number of methoxy groups -OCH3 is 2. The fourth-order valence-corrected chi connectivity index (χ4v) is 2.72. The van der Waals surface area contributed by atoms with E-state index in [1.54, 1.807) is 30.2 Å². The lowest BCUT2D eigenvalue weighted by Gasteiger charge is -2.21. The third-order valence-corrected chi connectivity index (χ3v) is 4.28. The highest BCUT2D eigenvalue weighted by Gasteiger charge is 2.15. The van der Waals surface area contributed by atoms with Crippen molar-refractivity contribution in [1.29, 1.82) is 0 Å². The summed E-state index contributed by atoms with van der Waals surface area (Å²) in [5.74, 6) is 0.846. The highest BCUT2D eigenvalue weighted by atomic mass is 16.5. The Kier molecular flexibility index (Phi) is 7.23. The number of nitrogens with one attached hydrogen (secondary N) is 1. The zero-order valence-electron chi connectivity index (χ0n) is 16.2. The molecule has 1 N–H and O–H groups in total. The zero-order chi connectivity index (χ0) is 19.8. The lowest BCUT2D eigenvalue weighted by atomic mass is 10.1. The second-order valence-corrected chi connectivity index (χ2v) is 6.06. The average molecular weight is 370 g/mol. The number of hydrogen-bond acceptors (Lipinski definition) is 4. The van der Waals surface area contributed by atoms with Gasteiger partial charge in [-0.1, -0.05) is 19.1 Å². The Labute approximate surface area is 160 Å². The topological polar surface area (TPSA) is 67.9 Å². The van der Waals surface area contributed by atoms with Crippen LogP contribution in [0.3, 0.4) is 0 Å². The van der Waals surface area contributed by atoms with Crippen LogP contribution in [0.4, 0.5) is 11.4 Å². The molecule has 0 fully saturated rings. The molecule has 0 unspecified atom stereocenters. The lowest BCUT2D eigenvalue weighted by Crippen LogP contribution is -2.32. The maximum atomic E-state index is 12.4. The summed E-state index contributed by atoms with van der Waals surface area (Å²) in [7, 11) is 3.09. The number of nitrogens with zero attached hydrogens (tertiary/aromatic N) is 1. The highest BCUT2D eigenvalue weighted by molar-refractivity contribution is 5.95. The molecule has 27 heavy (non-hydrogen) atoms. The molecule has 0 saturated carbocycles. The Morgan fingerprint density at radius 1 is 1.04 bits per heavy atom. The van der Waals surface area contributed by atoms with Crippen LogP contribution in [-0.4, -0.2) is 32.6 Å². The second-order valence-electron chi connectivity index (χ2n) is 6.06. The Bertz CT molecular complexity index is 787. The van der Waals surface area contributed by atoms with Crippen molar-refractivity contribution in [3.8, 4) is 11.5 Å². The van der Waals surface area contributed by atoms with Crippen LogP contribution in [0, 0.1) is 0 Å². The van der Waals surface area contributed by atoms with E-state index in [4.69, 9.17) is 9.47 Å². The van der Waals surface area contributed by atoms with E-state index in [0.717, 1.165) is 12.1 Å². The summed E-state index contributed by atoms with van der Waals surface area (Å²) in [4.78, 5) is 26.0. The van der Waals surface area contributed by atoms with Crippen molar-refractivity contribution in [2.24, 2.45) is 0 Å². The van der Waals surface area contributed by atoms with Gasteiger partial charge in [0.15, 0.2) is 0 Å². The van der Waals surface area contributed by atoms with Gasteiger partial charge >= 0.3 is 0 Å². The van der Waals surface area contributed by atoms with Gasteiger partial charge < -0.3 is 19.7 Å². The van der Waals surface area contributed by atoms with Gasteiger partial charge in [-0.3, -0.25) is 9.59 Å². The van der Waals surface area contributed by atoms with Gasteiger partial charge in [0, 0.05) is 31.6 Å². The Balaban J connectivity index is 2.04. The van der Waals surface area contributed by atoms with Crippen molar-refractivity contribution >= 4 is 23.2 Å². The largest absolute Gasteiger partial charge is 0.497 e. The third kappa shape index (κ3) is 5.48. The van der Waals surface area contributed by atoms with Crippen molar-refractivity contribution in [3.05, 3.63) is 48.0 Å². The Hall–Kier alpha value is -3.02. The van der Waals surface area contributed by atoms with Gasteiger partial charge in [0.25, 0.3) is 0 Å². The van der Waals surface area contributed by atoms with Crippen molar-refractivity contribution in [2.75, 3.05) is 31.0 Å². The SMILES string of the molecule is CCc1ccc(N(CCC(=O)Nc2cc(OC)ccc2OC)C(C)=O)cc1. The first-order chi connectivity index (χ1) is 13.0. The van der Waals surface area contributed by atoms with Gasteiger partial charge in [-0.15, -0.1) is 0 Å². The summed E-state index contributed by atoms with van der Waals surface area (Å²) in [6.45, 7) is 3.87. The predicted octanol–water partition coefficient (Wildman–Crippen LogP) is 3.65. The molecule has 144 valence electrons. The molecule has 0 aliphatic carbocycles. The molecule has 6 heteroatoms. The van der Waals surface area contributed by atoms with Gasteiger partial charge in [-0.2, -0.15) is 0 Å². The summed E-state index contributed by atoms with van der Waals surface area (Å²) < 4.78 is 10.4. The van der Waals surface area contributed by atoms with Crippen LogP contribution >= 0.6 is 0 Å². The van der Waals surface area contributed by atoms with Crippen LogP contribution in [0.1, 0.15) is 25.8 Å². The van der Waals surface area contributed by atoms with Crippen LogP contribution in [0.15, 0.2) is 42.5 Å². The maximum absolute atomic E-state index is 12.4. The Morgan fingerprint density at radius 2 is 1.74 bits per heavy atom. The number of hydrogen-bond donors (Lipinski definition) is 1. The van der Waals surface area contributed by atoms with Crippen LogP contribution in [0.25, 0.3) is 0 Å². The number of aryl methyl sites for hydroxylation is 1. The molecule has 0 heterocycles. The molecule has 0 saturated heterocycles. The summed E-state index contributed by atoms with van der Waals surface area (Å²) >= 11 is 0. The fraction of sp³-hybridized carbons (Fsp3) is 0.333. The van der Waals surface area contributed by atoms with Crippen LogP contribution < -0.4 is 19.7 Å². The van der Waals surface area contributed by atoms with Crippen molar-refractivity contribution < 1.29 is 19.1 Å². The average Bonchev–Trinajstić information content (AvgIpc) is 2.68. The van der Waals surface area contributed by atoms with E-state index in [9.17, 15) is 9.59 Å². The third-order valence-electron chi connectivity index (χ3n) is 4.28. The highest BCUT2D eigenvalue weighted by Crippen LogP contribution is 2.29. The predicted molar refractivity (Wildman–Crippen MR) is 107 cm³/mol. The number of carbonyl (C=O) groups excluding carboxylic acids is 2. The van der Waals surface area contributed by atoms with Gasteiger partial charge in [-0.25, -0.2) is 0 Å². The Morgan fingerprint density at radius 3 is 2.30 bits per heavy atom. The zero-order valence-corrected chi connectivity index (χ0v) is 16.2. The molecular formula is C21H26N2O4. The summed E-state index contributed by atoms with van der Waals surface area (Å²) in [5, 5.41) is 2.82. The van der Waals surface area contributed by atoms with Crippen LogP contribution in [0.5, 0.6) is 11.5 Å². The minimum Gasteiger partial charge on any atom is -0.497 e. The maximum Gasteiger partial charge on any atom is 0.226 e. The van der Waals surface area contributed by atoms with E-state index in [1.165, 1.54) is 19.6 Å². The lowest BCUT2D eigenvalue weighted by molar-refractivity contribution is -0.117. The van der Waals surface area contributed by atoms with Gasteiger partial charge in [0.05, 0.1) is 19.9 Å². The molecule has 0 radical (unpaired) electrons. The molecule has 2 amide bonds. The molecule has 2 rings (SSSR count). The normalized spacial score (nSPS) is 10.2. The number of carbonyl (C=O) groups is 2. The number of amides is 2. The van der Waals surface area contributed by atoms with E-state index in [2.05, 4.69) is 12.2 Å². The molecule has 0 atom stereocenters. The van der Waals surface area contributed by atoms with Gasteiger partial charge in [0.1, 0.15) is 11.5 Å². The van der Waals surface area contributed by atoms with E-state index in [-0.39, 0.29) is 18.2 Å². The quantitative estimate of drug-likeness (QED) is 0.770. The van der Waals surface area contributed by atoms with Crippen molar-refractivity contribution in [3.63, 3.8) is 0 Å². The molecule has 2 aromatic rings. The molecule has 0 aliphatic rings. The molecule has 0 aliphatic heterocycles. The first kappa shape index (κ1) is 20.3. The number of benzene rings is 2. The first-order valence-corrected chi connectivity index (χ1v) is 8.87. The fourth-order valence-electron chi connectivity index (χ4n) is 2.72. The monoisotopic (exact) mass is 370 g/mol. The van der Waals surface area contributed by atoms with E-state index >= 15 is 0 Å². The molecule has 0 aromatic heterocycles. The van der Waals surface area contributed by atoms with Crippen LogP contribution in [0.2, 0.25) is 0 Å². The molecule has 2 aromatic carbocycles. The molecular weight excluding hydrogens is 344 g/mol. The van der Waals surface area contributed by atoms with E-state index < -0.39 is 0 Å². The van der Waals surface area contributed by atoms with Crippen molar-refractivity contribution in [1.82, 2.24) is 0 Å². The standard InChI is InChI=1S/C21H26N2O4/c1-5-16-6-8-17(9-7-16)23(15(2)24)13-12-21(25)22-19-14-18(26-3)10-11-20(19)27-4/h6-11,14H,5,12-13H2,1-4H3,(H,22,25). The first-order valence-electron chi connectivity index (χ1n) is 8.87. The number of anilines is 2. The van der Waals surface area contributed by atoms with E-state index in [0.29, 0.717) is 23.7 Å². The molecule has 6 nitrogen and oxygen atoms in total. The summed E-state index contributed by atoms with van der Waals surface area (Å²) in [5.41, 5.74) is 2.51. The number of ether oxygens (including phenoxy) is 2. The van der Waals surface area contributed by atoms with Gasteiger partial charge in [0.2, 0.25) is 11.8 Å². The van der Waals surface area contributed by atoms with E-state index in [1.807, 2.05) is 24.3 Å². The van der Waals surface area contributed by atoms with Crippen LogP contribution in [-0.2, 0) is 16.0 Å². The second kappa shape index (κ2) is 9.62. The summed E-state index contributed by atoms with van der Waals surface area (Å²) in [6.07, 6.45) is 1.10. The minimum absolute atomic E-state index is 0.106. The van der Waals surface area contributed by atoms with Crippen molar-refractivity contribution in [2.45, 2.75) is 26.7 Å².